The van der Waals surface area contributed by atoms with Crippen molar-refractivity contribution in [1.29, 1.82) is 0 Å². The van der Waals surface area contributed by atoms with Crippen LogP contribution in [-0.2, 0) is 10.0 Å². The van der Waals surface area contributed by atoms with E-state index in [1.165, 1.54) is 17.3 Å². The van der Waals surface area contributed by atoms with Crippen molar-refractivity contribution in [2.75, 3.05) is 18.9 Å². The average molecular weight is 288 g/mol. The van der Waals surface area contributed by atoms with Crippen LogP contribution in [0.4, 0.5) is 10.1 Å². The molecule has 0 bridgehead atoms. The zero-order valence-electron chi connectivity index (χ0n) is 10.6. The molecule has 1 fully saturated rings. The lowest BCUT2D eigenvalue weighted by Gasteiger charge is -2.22. The topological polar surface area (TPSA) is 83.6 Å². The number of benzene rings is 1. The largest absolute Gasteiger partial charge is 0.398 e. The van der Waals surface area contributed by atoms with Crippen molar-refractivity contribution < 1.29 is 17.9 Å². The number of aliphatic hydroxyl groups excluding tert-OH is 1. The molecular weight excluding hydrogens is 271 g/mol. The quantitative estimate of drug-likeness (QED) is 0.808. The van der Waals surface area contributed by atoms with Crippen LogP contribution in [0.1, 0.15) is 18.4 Å². The molecule has 1 aliphatic heterocycles. The van der Waals surface area contributed by atoms with Gasteiger partial charge in [-0.15, -0.1) is 0 Å². The molecule has 1 unspecified atom stereocenters. The number of anilines is 1. The normalized spacial score (nSPS) is 20.9. The third-order valence-corrected chi connectivity index (χ3v) is 5.43. The summed E-state index contributed by atoms with van der Waals surface area (Å²) in [6.07, 6.45) is 1.30. The Balaban J connectivity index is 2.45. The van der Waals surface area contributed by atoms with Gasteiger partial charge in [0.05, 0.1) is 11.5 Å². The van der Waals surface area contributed by atoms with E-state index in [9.17, 15) is 17.9 Å². The summed E-state index contributed by atoms with van der Waals surface area (Å²) in [5.74, 6) is -0.640. The second-order valence-electron chi connectivity index (χ2n) is 4.71. The Morgan fingerprint density at radius 3 is 2.79 bits per heavy atom. The van der Waals surface area contributed by atoms with Crippen LogP contribution in [0.25, 0.3) is 0 Å². The Bertz CT molecular complexity index is 566. The molecule has 1 aromatic rings. The summed E-state index contributed by atoms with van der Waals surface area (Å²) in [5, 5.41) is 9.20. The van der Waals surface area contributed by atoms with Gasteiger partial charge in [0.1, 0.15) is 5.82 Å². The summed E-state index contributed by atoms with van der Waals surface area (Å²) in [4.78, 5) is -0.159. The molecule has 3 N–H and O–H groups in total. The van der Waals surface area contributed by atoms with E-state index in [0.29, 0.717) is 19.4 Å². The van der Waals surface area contributed by atoms with Crippen molar-refractivity contribution in [2.45, 2.75) is 30.7 Å². The smallest absolute Gasteiger partial charge is 0.243 e. The van der Waals surface area contributed by atoms with Gasteiger partial charge < -0.3 is 10.8 Å². The lowest BCUT2D eigenvalue weighted by molar-refractivity contribution is 0.213. The minimum Gasteiger partial charge on any atom is -0.398 e. The van der Waals surface area contributed by atoms with Crippen LogP contribution in [0.5, 0.6) is 0 Å². The van der Waals surface area contributed by atoms with Gasteiger partial charge in [-0.25, -0.2) is 12.8 Å². The van der Waals surface area contributed by atoms with E-state index in [-0.39, 0.29) is 22.8 Å². The number of nitrogens with zero attached hydrogens (tertiary/aromatic N) is 1. The number of rotatable bonds is 3. The monoisotopic (exact) mass is 288 g/mol. The predicted octanol–water partition coefficient (Wildman–Crippen LogP) is 0.862. The van der Waals surface area contributed by atoms with Gasteiger partial charge in [-0.2, -0.15) is 4.31 Å². The second-order valence-corrected chi connectivity index (χ2v) is 6.60. The molecule has 2 rings (SSSR count). The van der Waals surface area contributed by atoms with Crippen molar-refractivity contribution in [3.63, 3.8) is 0 Å². The fourth-order valence-corrected chi connectivity index (χ4v) is 4.00. The first kappa shape index (κ1) is 14.2. The molecule has 0 saturated carbocycles. The fraction of sp³-hybridized carbons (Fsp3) is 0.500. The fourth-order valence-electron chi connectivity index (χ4n) is 2.27. The molecule has 0 spiro atoms. The van der Waals surface area contributed by atoms with Crippen LogP contribution in [0.3, 0.4) is 0 Å². The highest BCUT2D eigenvalue weighted by Gasteiger charge is 2.35. The number of sulfonamides is 1. The van der Waals surface area contributed by atoms with Gasteiger partial charge in [0, 0.05) is 23.8 Å². The molecule has 1 aromatic carbocycles. The third-order valence-electron chi connectivity index (χ3n) is 3.50. The maximum Gasteiger partial charge on any atom is 0.243 e. The van der Waals surface area contributed by atoms with Gasteiger partial charge in [-0.1, -0.05) is 0 Å². The van der Waals surface area contributed by atoms with E-state index < -0.39 is 21.9 Å². The van der Waals surface area contributed by atoms with Gasteiger partial charge in [0.2, 0.25) is 10.0 Å². The maximum atomic E-state index is 13.6. The standard InChI is InChI=1S/C12H17FN2O3S/c1-8-11(13)5-10(6-12(8)14)19(17,18)15-4-2-3-9(15)7-16/h5-6,9,16H,2-4,7,14H2,1H3. The molecule has 0 aliphatic carbocycles. The van der Waals surface area contributed by atoms with Crippen molar-refractivity contribution in [3.05, 3.63) is 23.5 Å². The highest BCUT2D eigenvalue weighted by molar-refractivity contribution is 7.89. The van der Waals surface area contributed by atoms with Gasteiger partial charge >= 0.3 is 0 Å². The number of nitrogen functional groups attached to an aromatic ring is 1. The molecule has 0 aromatic heterocycles. The van der Waals surface area contributed by atoms with E-state index >= 15 is 0 Å². The van der Waals surface area contributed by atoms with Crippen LogP contribution in [0.15, 0.2) is 17.0 Å². The van der Waals surface area contributed by atoms with Gasteiger partial charge in [-0.3, -0.25) is 0 Å². The zero-order chi connectivity index (χ0) is 14.2. The summed E-state index contributed by atoms with van der Waals surface area (Å²) in [6, 6.07) is 1.81. The summed E-state index contributed by atoms with van der Waals surface area (Å²) in [6.45, 7) is 1.60. The highest BCUT2D eigenvalue weighted by Crippen LogP contribution is 2.28. The minimum absolute atomic E-state index is 0.110. The van der Waals surface area contributed by atoms with Crippen molar-refractivity contribution in [1.82, 2.24) is 4.31 Å². The van der Waals surface area contributed by atoms with Crippen LogP contribution in [0, 0.1) is 12.7 Å². The Labute approximate surface area is 111 Å². The molecule has 106 valence electrons. The second kappa shape index (κ2) is 5.07. The summed E-state index contributed by atoms with van der Waals surface area (Å²) >= 11 is 0. The Morgan fingerprint density at radius 1 is 1.53 bits per heavy atom. The van der Waals surface area contributed by atoms with Crippen molar-refractivity contribution in [2.24, 2.45) is 0 Å². The Morgan fingerprint density at radius 2 is 2.21 bits per heavy atom. The molecule has 5 nitrogen and oxygen atoms in total. The molecule has 1 heterocycles. The number of hydrogen-bond donors (Lipinski definition) is 2. The number of nitrogens with two attached hydrogens (primary N) is 1. The van der Waals surface area contributed by atoms with E-state index in [0.717, 1.165) is 6.07 Å². The summed E-state index contributed by atoms with van der Waals surface area (Å²) < 4.78 is 39.7. The highest BCUT2D eigenvalue weighted by atomic mass is 32.2. The third kappa shape index (κ3) is 2.45. The lowest BCUT2D eigenvalue weighted by atomic mass is 10.2. The van der Waals surface area contributed by atoms with Gasteiger partial charge in [-0.05, 0) is 31.9 Å². The van der Waals surface area contributed by atoms with E-state index in [1.807, 2.05) is 0 Å². The van der Waals surface area contributed by atoms with E-state index in [1.54, 1.807) is 0 Å². The number of halogens is 1. The van der Waals surface area contributed by atoms with Crippen molar-refractivity contribution >= 4 is 15.7 Å². The number of hydrogen-bond acceptors (Lipinski definition) is 4. The molecule has 1 atom stereocenters. The first-order valence-corrected chi connectivity index (χ1v) is 7.50. The molecule has 0 radical (unpaired) electrons. The first-order chi connectivity index (χ1) is 8.87. The average Bonchev–Trinajstić information content (AvgIpc) is 2.84. The van der Waals surface area contributed by atoms with Crippen LogP contribution < -0.4 is 5.73 Å². The number of aliphatic hydroxyl groups is 1. The van der Waals surface area contributed by atoms with Crippen LogP contribution in [-0.4, -0.2) is 37.0 Å². The molecule has 1 aliphatic rings. The predicted molar refractivity (Wildman–Crippen MR) is 69.5 cm³/mol. The Kier molecular flexibility index (Phi) is 3.80. The SMILES string of the molecule is Cc1c(N)cc(S(=O)(=O)N2CCCC2CO)cc1F. The summed E-state index contributed by atoms with van der Waals surface area (Å²) in [5.41, 5.74) is 5.96. The van der Waals surface area contributed by atoms with Gasteiger partial charge in [0.15, 0.2) is 0 Å². The minimum atomic E-state index is -3.81. The lowest BCUT2D eigenvalue weighted by Crippen LogP contribution is -2.37. The molecule has 7 heteroatoms. The summed E-state index contributed by atoms with van der Waals surface area (Å²) in [7, 11) is -3.81. The van der Waals surface area contributed by atoms with Gasteiger partial charge in [0.25, 0.3) is 0 Å². The Hall–Kier alpha value is -1.18. The molecule has 0 amide bonds. The first-order valence-electron chi connectivity index (χ1n) is 6.06. The molecule has 19 heavy (non-hydrogen) atoms. The van der Waals surface area contributed by atoms with E-state index in [2.05, 4.69) is 0 Å². The van der Waals surface area contributed by atoms with Crippen molar-refractivity contribution in [3.8, 4) is 0 Å². The zero-order valence-corrected chi connectivity index (χ0v) is 11.5. The maximum absolute atomic E-state index is 13.6. The van der Waals surface area contributed by atoms with Crippen LogP contribution >= 0.6 is 0 Å². The molecular formula is C12H17FN2O3S. The van der Waals surface area contributed by atoms with E-state index in [4.69, 9.17) is 5.73 Å². The van der Waals surface area contributed by atoms with Crippen LogP contribution in [0.2, 0.25) is 0 Å². The molecule has 1 saturated heterocycles.